The Morgan fingerprint density at radius 3 is 2.83 bits per heavy atom. The first-order valence-corrected chi connectivity index (χ1v) is 5.90. The number of hydrogen-bond donors (Lipinski definition) is 1. The van der Waals surface area contributed by atoms with Crippen molar-refractivity contribution in [3.05, 3.63) is 34.6 Å². The molecule has 1 aliphatic heterocycles. The van der Waals surface area contributed by atoms with Gasteiger partial charge in [-0.15, -0.1) is 0 Å². The Balaban J connectivity index is 2.18. The van der Waals surface area contributed by atoms with Crippen molar-refractivity contribution in [3.8, 4) is 0 Å². The molecule has 0 aromatic heterocycles. The number of nitrogens with two attached hydrogens (primary N) is 1. The molecule has 0 bridgehead atoms. The Hall–Kier alpha value is -1.46. The van der Waals surface area contributed by atoms with Gasteiger partial charge in [0.05, 0.1) is 17.6 Å². The lowest BCUT2D eigenvalue weighted by molar-refractivity contribution is -0.149. The summed E-state index contributed by atoms with van der Waals surface area (Å²) in [4.78, 5) is 24.5. The highest BCUT2D eigenvalue weighted by molar-refractivity contribution is 6.30. The molecule has 1 aromatic rings. The van der Waals surface area contributed by atoms with Gasteiger partial charge in [0.25, 0.3) is 0 Å². The Bertz CT molecular complexity index is 507. The van der Waals surface area contributed by atoms with Gasteiger partial charge in [0, 0.05) is 6.42 Å². The second-order valence-corrected chi connectivity index (χ2v) is 4.62. The molecule has 1 fully saturated rings. The summed E-state index contributed by atoms with van der Waals surface area (Å²) in [5.41, 5.74) is 6.20. The van der Waals surface area contributed by atoms with E-state index in [4.69, 9.17) is 17.3 Å². The van der Waals surface area contributed by atoms with Gasteiger partial charge in [0.15, 0.2) is 0 Å². The van der Waals surface area contributed by atoms with E-state index in [1.54, 1.807) is 0 Å². The Kier molecular flexibility index (Phi) is 3.63. The summed E-state index contributed by atoms with van der Waals surface area (Å²) in [6, 6.07) is 3.45. The van der Waals surface area contributed by atoms with E-state index in [0.717, 1.165) is 4.90 Å². The molecule has 0 aliphatic carbocycles. The van der Waals surface area contributed by atoms with Crippen molar-refractivity contribution in [3.63, 3.8) is 0 Å². The van der Waals surface area contributed by atoms with Gasteiger partial charge in [0.1, 0.15) is 5.82 Å². The molecule has 1 unspecified atom stereocenters. The Labute approximate surface area is 109 Å². The van der Waals surface area contributed by atoms with Crippen LogP contribution in [-0.2, 0) is 16.1 Å². The number of hydrogen-bond acceptors (Lipinski definition) is 3. The fourth-order valence-electron chi connectivity index (χ4n) is 1.85. The third-order valence-corrected chi connectivity index (χ3v) is 3.17. The number of halogens is 2. The molecule has 0 spiro atoms. The number of carbonyl (C=O) groups excluding carboxylic acids is 2. The molecule has 4 nitrogen and oxygen atoms in total. The summed E-state index contributed by atoms with van der Waals surface area (Å²) in [6.07, 6.45) is 0.625. The quantitative estimate of drug-likeness (QED) is 0.828. The Morgan fingerprint density at radius 1 is 1.44 bits per heavy atom. The summed E-state index contributed by atoms with van der Waals surface area (Å²) in [7, 11) is 0. The van der Waals surface area contributed by atoms with E-state index in [-0.39, 0.29) is 23.9 Å². The lowest BCUT2D eigenvalue weighted by Gasteiger charge is -2.28. The monoisotopic (exact) mass is 270 g/mol. The fraction of sp³-hybridized carbons (Fsp3) is 0.333. The molecule has 1 aliphatic rings. The van der Waals surface area contributed by atoms with E-state index in [9.17, 15) is 14.0 Å². The normalized spacial score (nSPS) is 20.4. The van der Waals surface area contributed by atoms with E-state index < -0.39 is 17.8 Å². The number of carbonyl (C=O) groups is 2. The van der Waals surface area contributed by atoms with Crippen LogP contribution in [0.4, 0.5) is 4.39 Å². The van der Waals surface area contributed by atoms with E-state index in [0.29, 0.717) is 12.0 Å². The smallest absolute Gasteiger partial charge is 0.246 e. The van der Waals surface area contributed by atoms with Crippen molar-refractivity contribution in [1.29, 1.82) is 0 Å². The minimum absolute atomic E-state index is 0.0336. The van der Waals surface area contributed by atoms with E-state index in [1.807, 2.05) is 0 Å². The molecule has 0 saturated carbocycles. The summed E-state index contributed by atoms with van der Waals surface area (Å²) in [6.45, 7) is 0.0748. The van der Waals surface area contributed by atoms with Crippen molar-refractivity contribution >= 4 is 23.4 Å². The number of likely N-dealkylation sites (tertiary alicyclic amines) is 1. The van der Waals surface area contributed by atoms with Crippen LogP contribution < -0.4 is 5.73 Å². The van der Waals surface area contributed by atoms with E-state index in [2.05, 4.69) is 0 Å². The molecule has 1 atom stereocenters. The maximum atomic E-state index is 13.0. The highest BCUT2D eigenvalue weighted by Crippen LogP contribution is 2.19. The topological polar surface area (TPSA) is 63.4 Å². The van der Waals surface area contributed by atoms with E-state index >= 15 is 0 Å². The summed E-state index contributed by atoms with van der Waals surface area (Å²) >= 11 is 5.64. The van der Waals surface area contributed by atoms with E-state index in [1.165, 1.54) is 18.2 Å². The lowest BCUT2D eigenvalue weighted by atomic mass is 10.0. The van der Waals surface area contributed by atoms with Crippen molar-refractivity contribution in [2.45, 2.75) is 25.4 Å². The second kappa shape index (κ2) is 5.04. The number of piperidine rings is 1. The fourth-order valence-corrected chi connectivity index (χ4v) is 2.05. The van der Waals surface area contributed by atoms with Gasteiger partial charge in [0.2, 0.25) is 11.8 Å². The Morgan fingerprint density at radius 2 is 2.17 bits per heavy atom. The zero-order valence-electron chi connectivity index (χ0n) is 9.53. The maximum Gasteiger partial charge on any atom is 0.246 e. The molecule has 18 heavy (non-hydrogen) atoms. The molecular formula is C12H12ClFN2O2. The number of imide groups is 1. The van der Waals surface area contributed by atoms with Crippen molar-refractivity contribution in [2.24, 2.45) is 5.73 Å². The van der Waals surface area contributed by atoms with Gasteiger partial charge in [-0.05, 0) is 24.1 Å². The largest absolute Gasteiger partial charge is 0.320 e. The molecule has 2 rings (SSSR count). The van der Waals surface area contributed by atoms with Gasteiger partial charge in [-0.2, -0.15) is 0 Å². The molecule has 1 aromatic carbocycles. The third-order valence-electron chi connectivity index (χ3n) is 2.88. The van der Waals surface area contributed by atoms with Crippen molar-refractivity contribution < 1.29 is 14.0 Å². The summed E-state index contributed by atoms with van der Waals surface area (Å²) in [5.74, 6) is -1.19. The first kappa shape index (κ1) is 13.0. The highest BCUT2D eigenvalue weighted by atomic mass is 35.5. The van der Waals surface area contributed by atoms with Crippen LogP contribution in [0, 0.1) is 5.82 Å². The number of rotatable bonds is 2. The van der Waals surface area contributed by atoms with Gasteiger partial charge in [-0.3, -0.25) is 14.5 Å². The van der Waals surface area contributed by atoms with Gasteiger partial charge >= 0.3 is 0 Å². The highest BCUT2D eigenvalue weighted by Gasteiger charge is 2.31. The van der Waals surface area contributed by atoms with Crippen LogP contribution >= 0.6 is 11.6 Å². The van der Waals surface area contributed by atoms with Crippen LogP contribution in [0.5, 0.6) is 0 Å². The number of nitrogens with zero attached hydrogens (tertiary/aromatic N) is 1. The van der Waals surface area contributed by atoms with Crippen LogP contribution in [0.25, 0.3) is 0 Å². The first-order valence-electron chi connectivity index (χ1n) is 5.53. The predicted octanol–water partition coefficient (Wildman–Crippen LogP) is 1.46. The zero-order valence-corrected chi connectivity index (χ0v) is 10.3. The molecule has 0 radical (unpaired) electrons. The molecule has 2 amide bonds. The predicted molar refractivity (Wildman–Crippen MR) is 64.2 cm³/mol. The van der Waals surface area contributed by atoms with Gasteiger partial charge in [-0.25, -0.2) is 4.39 Å². The average Bonchev–Trinajstić information content (AvgIpc) is 2.34. The molecular weight excluding hydrogens is 259 g/mol. The molecule has 6 heteroatoms. The minimum atomic E-state index is -0.640. The standard InChI is InChI=1S/C12H12ClFN2O2/c13-8-5-7(1-2-9(8)14)6-16-11(17)4-3-10(15)12(16)18/h1-2,5,10H,3-4,6,15H2. The SMILES string of the molecule is NC1CCC(=O)N(Cc2ccc(F)c(Cl)c2)C1=O. The summed E-state index contributed by atoms with van der Waals surface area (Å²) in [5, 5.41) is -0.0336. The van der Waals surface area contributed by atoms with Crippen LogP contribution in [0.2, 0.25) is 5.02 Å². The second-order valence-electron chi connectivity index (χ2n) is 4.21. The van der Waals surface area contributed by atoms with Crippen LogP contribution in [0.3, 0.4) is 0 Å². The zero-order chi connectivity index (χ0) is 13.3. The van der Waals surface area contributed by atoms with Crippen LogP contribution in [0.1, 0.15) is 18.4 Å². The average molecular weight is 271 g/mol. The minimum Gasteiger partial charge on any atom is -0.320 e. The number of benzene rings is 1. The van der Waals surface area contributed by atoms with Crippen LogP contribution in [0.15, 0.2) is 18.2 Å². The molecule has 96 valence electrons. The number of amides is 2. The third kappa shape index (κ3) is 2.52. The van der Waals surface area contributed by atoms with Gasteiger partial charge in [-0.1, -0.05) is 17.7 Å². The van der Waals surface area contributed by atoms with Crippen molar-refractivity contribution in [1.82, 2.24) is 4.90 Å². The summed E-state index contributed by atoms with van der Waals surface area (Å²) < 4.78 is 13.0. The van der Waals surface area contributed by atoms with Crippen molar-refractivity contribution in [2.75, 3.05) is 0 Å². The van der Waals surface area contributed by atoms with Crippen LogP contribution in [-0.4, -0.2) is 22.8 Å². The molecule has 1 heterocycles. The molecule has 2 N–H and O–H groups in total. The molecule has 1 saturated heterocycles. The lowest BCUT2D eigenvalue weighted by Crippen LogP contribution is -2.50. The first-order chi connectivity index (χ1) is 8.49. The maximum absolute atomic E-state index is 13.0. The van der Waals surface area contributed by atoms with Gasteiger partial charge < -0.3 is 5.73 Å².